The molecule has 25 heavy (non-hydrogen) atoms. The van der Waals surface area contributed by atoms with Gasteiger partial charge in [0, 0.05) is 5.38 Å². The van der Waals surface area contributed by atoms with Gasteiger partial charge in [-0.3, -0.25) is 9.59 Å². The second-order valence-corrected chi connectivity index (χ2v) is 8.55. The Bertz CT molecular complexity index is 971. The minimum absolute atomic E-state index is 0.00527. The van der Waals surface area contributed by atoms with Crippen LogP contribution >= 0.6 is 11.3 Å². The van der Waals surface area contributed by atoms with Crippen LogP contribution in [0.5, 0.6) is 0 Å². The van der Waals surface area contributed by atoms with Gasteiger partial charge < -0.3 is 10.3 Å². The van der Waals surface area contributed by atoms with Crippen molar-refractivity contribution < 1.29 is 28.3 Å². The molecule has 1 heterocycles. The third-order valence-corrected chi connectivity index (χ3v) is 5.93. The van der Waals surface area contributed by atoms with Gasteiger partial charge in [0.05, 0.1) is 10.6 Å². The summed E-state index contributed by atoms with van der Waals surface area (Å²) < 4.78 is 24.8. The molecule has 0 aliphatic carbocycles. The van der Waals surface area contributed by atoms with E-state index in [1.54, 1.807) is 6.07 Å². The number of aliphatic carboxylic acids is 1. The number of sulfone groups is 1. The van der Waals surface area contributed by atoms with E-state index in [0.717, 1.165) is 11.3 Å². The third kappa shape index (κ3) is 3.97. The van der Waals surface area contributed by atoms with Gasteiger partial charge in [-0.15, -0.1) is 11.3 Å². The maximum atomic E-state index is 12.1. The summed E-state index contributed by atoms with van der Waals surface area (Å²) in [5.41, 5.74) is -1.37. The number of carboxylic acid groups (broad SMARTS) is 1. The smallest absolute Gasteiger partial charge is 0.315 e. The fourth-order valence-corrected chi connectivity index (χ4v) is 4.01. The molecule has 0 fully saturated rings. The van der Waals surface area contributed by atoms with Crippen molar-refractivity contribution in [1.82, 2.24) is 4.73 Å². The van der Waals surface area contributed by atoms with Crippen LogP contribution in [0, 0.1) is 0 Å². The number of thiazole rings is 1. The molecule has 1 aromatic carbocycles. The number of carbonyl (C=O) groups is 2. The molecule has 1 aromatic heterocycles. The van der Waals surface area contributed by atoms with Crippen LogP contribution in [-0.4, -0.2) is 41.1 Å². The van der Waals surface area contributed by atoms with Gasteiger partial charge in [0.15, 0.2) is 9.84 Å². The zero-order chi connectivity index (χ0) is 18.8. The van der Waals surface area contributed by atoms with Gasteiger partial charge in [-0.05, 0) is 26.0 Å². The predicted molar refractivity (Wildman–Crippen MR) is 89.2 cm³/mol. The first-order chi connectivity index (χ1) is 11.6. The number of carbonyl (C=O) groups excluding carboxylic acids is 1. The van der Waals surface area contributed by atoms with Crippen LogP contribution in [0.4, 0.5) is 0 Å². The normalized spacial score (nSPS) is 13.0. The zero-order valence-electron chi connectivity index (χ0n) is 13.4. The Morgan fingerprint density at radius 1 is 1.24 bits per heavy atom. The van der Waals surface area contributed by atoms with Gasteiger partial charge in [-0.1, -0.05) is 18.2 Å². The quantitative estimate of drug-likeness (QED) is 0.742. The minimum Gasteiger partial charge on any atom is -0.481 e. The van der Waals surface area contributed by atoms with E-state index in [1.807, 2.05) is 0 Å². The number of benzene rings is 1. The van der Waals surface area contributed by atoms with E-state index in [0.29, 0.717) is 4.73 Å². The van der Waals surface area contributed by atoms with Crippen molar-refractivity contribution in [3.05, 3.63) is 46.2 Å². The zero-order valence-corrected chi connectivity index (χ0v) is 15.0. The molecule has 0 unspecified atom stereocenters. The van der Waals surface area contributed by atoms with Crippen LogP contribution in [0.3, 0.4) is 0 Å². The van der Waals surface area contributed by atoms with E-state index in [9.17, 15) is 28.3 Å². The maximum absolute atomic E-state index is 12.1. The highest BCUT2D eigenvalue weighted by Gasteiger charge is 2.33. The molecule has 0 spiro atoms. The predicted octanol–water partition coefficient (Wildman–Crippen LogP) is 1.05. The maximum Gasteiger partial charge on any atom is 0.315 e. The van der Waals surface area contributed by atoms with Crippen molar-refractivity contribution in [2.45, 2.75) is 24.2 Å². The number of carboxylic acids is 1. The molecule has 0 saturated heterocycles. The molecule has 0 atom stereocenters. The molecule has 0 aliphatic heterocycles. The van der Waals surface area contributed by atoms with Crippen LogP contribution in [0.2, 0.25) is 0 Å². The van der Waals surface area contributed by atoms with Crippen molar-refractivity contribution >= 4 is 33.1 Å². The van der Waals surface area contributed by atoms with Gasteiger partial charge in [0.1, 0.15) is 11.2 Å². The summed E-state index contributed by atoms with van der Waals surface area (Å²) in [7, 11) is -3.85. The molecular weight excluding hydrogens is 368 g/mol. The number of hydrogen-bond donors (Lipinski definition) is 2. The first kappa shape index (κ1) is 18.9. The van der Waals surface area contributed by atoms with E-state index in [4.69, 9.17) is 0 Å². The number of rotatable bonds is 5. The summed E-state index contributed by atoms with van der Waals surface area (Å²) in [5, 5.41) is 20.6. The van der Waals surface area contributed by atoms with Gasteiger partial charge in [-0.2, -0.15) is 9.72 Å². The van der Waals surface area contributed by atoms with Crippen LogP contribution in [0.1, 0.15) is 19.5 Å². The Hall–Kier alpha value is -2.46. The first-order valence-corrected chi connectivity index (χ1v) is 9.58. The molecule has 2 N–H and O–H groups in total. The summed E-state index contributed by atoms with van der Waals surface area (Å²) in [4.78, 5) is 26.6. The molecule has 0 radical (unpaired) electrons. The van der Waals surface area contributed by atoms with Crippen molar-refractivity contribution in [1.29, 1.82) is 0 Å². The lowest BCUT2D eigenvalue weighted by atomic mass is 9.90. The lowest BCUT2D eigenvalue weighted by molar-refractivity contribution is -0.143. The van der Waals surface area contributed by atoms with E-state index < -0.39 is 32.9 Å². The Balaban J connectivity index is 2.32. The minimum atomic E-state index is -3.85. The molecule has 8 nitrogen and oxygen atoms in total. The second kappa shape index (κ2) is 6.81. The Morgan fingerprint density at radius 3 is 2.40 bits per heavy atom. The standard InChI is InChI=1S/C15H16N2O6S2/c1-15(2,13(19)20)11-8-24-14(17(11)21)16-12(18)9-25(22,23)10-6-4-3-5-7-10/h3-8,21H,9H2,1-2H3,(H,19,20). The summed E-state index contributed by atoms with van der Waals surface area (Å²) in [6.45, 7) is 2.77. The van der Waals surface area contributed by atoms with Crippen LogP contribution < -0.4 is 4.80 Å². The Morgan fingerprint density at radius 2 is 1.84 bits per heavy atom. The fourth-order valence-electron chi connectivity index (χ4n) is 1.92. The summed E-state index contributed by atoms with van der Waals surface area (Å²) in [6, 6.07) is 7.46. The molecule has 1 amide bonds. The molecule has 2 rings (SSSR count). The number of amides is 1. The second-order valence-electron chi connectivity index (χ2n) is 5.72. The third-order valence-electron chi connectivity index (χ3n) is 3.50. The van der Waals surface area contributed by atoms with Crippen LogP contribution in [0.25, 0.3) is 0 Å². The van der Waals surface area contributed by atoms with Gasteiger partial charge in [0.25, 0.3) is 5.91 Å². The Labute approximate surface area is 147 Å². The van der Waals surface area contributed by atoms with Crippen molar-refractivity contribution in [3.8, 4) is 0 Å². The number of aromatic nitrogens is 1. The largest absolute Gasteiger partial charge is 0.481 e. The molecule has 134 valence electrons. The monoisotopic (exact) mass is 384 g/mol. The molecule has 0 saturated carbocycles. The summed E-state index contributed by atoms with van der Waals surface area (Å²) in [6.07, 6.45) is 0. The lowest BCUT2D eigenvalue weighted by Gasteiger charge is -2.17. The SMILES string of the molecule is CC(C)(C(=O)O)c1csc(=NC(=O)CS(=O)(=O)c2ccccc2)n1O. The van der Waals surface area contributed by atoms with Gasteiger partial charge in [0.2, 0.25) is 4.80 Å². The highest BCUT2D eigenvalue weighted by molar-refractivity contribution is 7.92. The average Bonchev–Trinajstić information content (AvgIpc) is 2.89. The van der Waals surface area contributed by atoms with Crippen molar-refractivity contribution in [3.63, 3.8) is 0 Å². The summed E-state index contributed by atoms with van der Waals surface area (Å²) in [5.74, 6) is -2.99. The molecular formula is C15H16N2O6S2. The van der Waals surface area contributed by atoms with Gasteiger partial charge >= 0.3 is 5.97 Å². The van der Waals surface area contributed by atoms with E-state index in [-0.39, 0.29) is 15.4 Å². The van der Waals surface area contributed by atoms with E-state index in [2.05, 4.69) is 4.99 Å². The lowest BCUT2D eigenvalue weighted by Crippen LogP contribution is -2.33. The van der Waals surface area contributed by atoms with E-state index >= 15 is 0 Å². The highest BCUT2D eigenvalue weighted by atomic mass is 32.2. The average molecular weight is 384 g/mol. The van der Waals surface area contributed by atoms with Gasteiger partial charge in [-0.25, -0.2) is 8.42 Å². The van der Waals surface area contributed by atoms with Crippen LogP contribution in [-0.2, 0) is 24.8 Å². The molecule has 2 aromatic rings. The highest BCUT2D eigenvalue weighted by Crippen LogP contribution is 2.23. The van der Waals surface area contributed by atoms with E-state index in [1.165, 1.54) is 43.5 Å². The van der Waals surface area contributed by atoms with Crippen molar-refractivity contribution in [2.24, 2.45) is 4.99 Å². The first-order valence-electron chi connectivity index (χ1n) is 7.05. The molecule has 0 bridgehead atoms. The topological polar surface area (TPSA) is 126 Å². The summed E-state index contributed by atoms with van der Waals surface area (Å²) >= 11 is 0.838. The van der Waals surface area contributed by atoms with Crippen molar-refractivity contribution in [2.75, 3.05) is 5.75 Å². The Kier molecular flexibility index (Phi) is 5.14. The number of nitrogens with zero attached hydrogens (tertiary/aromatic N) is 2. The number of hydrogen-bond acceptors (Lipinski definition) is 6. The van der Waals surface area contributed by atoms with Crippen LogP contribution in [0.15, 0.2) is 45.6 Å². The fraction of sp³-hybridized carbons (Fsp3) is 0.267. The molecule has 10 heteroatoms. The molecule has 0 aliphatic rings.